The van der Waals surface area contributed by atoms with Crippen molar-refractivity contribution in [3.8, 4) is 0 Å². The van der Waals surface area contributed by atoms with Gasteiger partial charge in [0, 0.05) is 6.54 Å². The Morgan fingerprint density at radius 2 is 1.87 bits per heavy atom. The van der Waals surface area contributed by atoms with Gasteiger partial charge in [-0.3, -0.25) is 19.3 Å². The zero-order valence-electron chi connectivity index (χ0n) is 13.3. The standard InChI is InChI=1S/C17H20N2O4/c1-17(2,23-16(22)11-7-8-18-9-11)10-19-14(20)12-5-3-4-6-13(12)15(19)21/h3-6,11,18H,7-10H2,1-2H3/t11-/m0/s1. The van der Waals surface area contributed by atoms with Gasteiger partial charge in [0.05, 0.1) is 23.6 Å². The molecule has 1 atom stereocenters. The summed E-state index contributed by atoms with van der Waals surface area (Å²) >= 11 is 0. The maximum absolute atomic E-state index is 12.4. The summed E-state index contributed by atoms with van der Waals surface area (Å²) in [5.41, 5.74) is -0.119. The maximum atomic E-state index is 12.4. The molecule has 1 aromatic rings. The molecule has 2 amide bonds. The third kappa shape index (κ3) is 2.99. The lowest BCUT2D eigenvalue weighted by Gasteiger charge is -2.30. The molecule has 0 bridgehead atoms. The minimum absolute atomic E-state index is 0.0469. The molecular weight excluding hydrogens is 296 g/mol. The molecule has 1 N–H and O–H groups in total. The van der Waals surface area contributed by atoms with E-state index in [4.69, 9.17) is 4.74 Å². The van der Waals surface area contributed by atoms with Crippen LogP contribution in [0.15, 0.2) is 24.3 Å². The Kier molecular flexibility index (Phi) is 3.93. The highest BCUT2D eigenvalue weighted by atomic mass is 16.6. The zero-order valence-corrected chi connectivity index (χ0v) is 13.3. The molecule has 2 aliphatic heterocycles. The molecule has 2 heterocycles. The normalized spacial score (nSPS) is 20.8. The molecule has 1 aromatic carbocycles. The molecule has 0 radical (unpaired) electrons. The number of benzene rings is 1. The number of nitrogens with one attached hydrogen (secondary N) is 1. The van der Waals surface area contributed by atoms with Crippen LogP contribution in [0.5, 0.6) is 0 Å². The fraction of sp³-hybridized carbons (Fsp3) is 0.471. The molecule has 0 spiro atoms. The number of hydrogen-bond acceptors (Lipinski definition) is 5. The average molecular weight is 316 g/mol. The van der Waals surface area contributed by atoms with Gasteiger partial charge in [-0.05, 0) is 38.9 Å². The van der Waals surface area contributed by atoms with E-state index in [1.54, 1.807) is 38.1 Å². The summed E-state index contributed by atoms with van der Waals surface area (Å²) in [4.78, 5) is 38.1. The smallest absolute Gasteiger partial charge is 0.310 e. The number of carbonyl (C=O) groups is 3. The summed E-state index contributed by atoms with van der Waals surface area (Å²) in [7, 11) is 0. The summed E-state index contributed by atoms with van der Waals surface area (Å²) in [5, 5.41) is 3.12. The fourth-order valence-corrected chi connectivity index (χ4v) is 3.01. The molecule has 0 saturated carbocycles. The van der Waals surface area contributed by atoms with E-state index < -0.39 is 5.60 Å². The monoisotopic (exact) mass is 316 g/mol. The summed E-state index contributed by atoms with van der Waals surface area (Å²) in [6.45, 7) is 4.90. The Bertz CT molecular complexity index is 627. The maximum Gasteiger partial charge on any atom is 0.310 e. The largest absolute Gasteiger partial charge is 0.458 e. The fourth-order valence-electron chi connectivity index (χ4n) is 3.01. The van der Waals surface area contributed by atoms with Gasteiger partial charge >= 0.3 is 5.97 Å². The van der Waals surface area contributed by atoms with Crippen LogP contribution in [0.1, 0.15) is 41.0 Å². The molecular formula is C17H20N2O4. The second-order valence-electron chi connectivity index (χ2n) is 6.61. The number of carbonyl (C=O) groups excluding carboxylic acids is 3. The van der Waals surface area contributed by atoms with Crippen molar-refractivity contribution in [2.24, 2.45) is 5.92 Å². The zero-order chi connectivity index (χ0) is 16.6. The van der Waals surface area contributed by atoms with Gasteiger partial charge in [0.15, 0.2) is 0 Å². The van der Waals surface area contributed by atoms with Crippen LogP contribution >= 0.6 is 0 Å². The van der Waals surface area contributed by atoms with Gasteiger partial charge in [0.2, 0.25) is 0 Å². The van der Waals surface area contributed by atoms with Gasteiger partial charge in [0.25, 0.3) is 11.8 Å². The topological polar surface area (TPSA) is 75.7 Å². The quantitative estimate of drug-likeness (QED) is 0.667. The van der Waals surface area contributed by atoms with Crippen LogP contribution in [0.2, 0.25) is 0 Å². The van der Waals surface area contributed by atoms with Gasteiger partial charge in [-0.1, -0.05) is 12.1 Å². The molecule has 3 rings (SSSR count). The highest BCUT2D eigenvalue weighted by molar-refractivity contribution is 6.21. The highest BCUT2D eigenvalue weighted by Crippen LogP contribution is 2.26. The van der Waals surface area contributed by atoms with E-state index in [2.05, 4.69) is 5.32 Å². The molecule has 1 saturated heterocycles. The van der Waals surface area contributed by atoms with E-state index in [1.807, 2.05) is 0 Å². The van der Waals surface area contributed by atoms with Gasteiger partial charge in [-0.2, -0.15) is 0 Å². The average Bonchev–Trinajstić information content (AvgIpc) is 3.11. The second kappa shape index (κ2) is 5.77. The van der Waals surface area contributed by atoms with E-state index in [0.717, 1.165) is 17.9 Å². The van der Waals surface area contributed by atoms with Crippen LogP contribution < -0.4 is 5.32 Å². The Labute approximate surface area is 134 Å². The number of ether oxygens (including phenoxy) is 1. The van der Waals surface area contributed by atoms with Crippen molar-refractivity contribution >= 4 is 17.8 Å². The number of imide groups is 1. The third-order valence-corrected chi connectivity index (χ3v) is 4.19. The number of amides is 2. The minimum Gasteiger partial charge on any atom is -0.458 e. The van der Waals surface area contributed by atoms with Gasteiger partial charge < -0.3 is 10.1 Å². The van der Waals surface area contributed by atoms with Crippen LogP contribution in [0.4, 0.5) is 0 Å². The molecule has 0 unspecified atom stereocenters. The first kappa shape index (κ1) is 15.7. The van der Waals surface area contributed by atoms with Crippen molar-refractivity contribution in [1.29, 1.82) is 0 Å². The van der Waals surface area contributed by atoms with Crippen LogP contribution in [0.25, 0.3) is 0 Å². The van der Waals surface area contributed by atoms with Crippen molar-refractivity contribution in [2.75, 3.05) is 19.6 Å². The molecule has 0 aliphatic carbocycles. The van der Waals surface area contributed by atoms with E-state index in [0.29, 0.717) is 17.7 Å². The van der Waals surface area contributed by atoms with Crippen LogP contribution in [-0.4, -0.2) is 47.9 Å². The molecule has 23 heavy (non-hydrogen) atoms. The Hall–Kier alpha value is -2.21. The van der Waals surface area contributed by atoms with E-state index in [-0.39, 0.29) is 30.2 Å². The molecule has 6 heteroatoms. The first-order valence-electron chi connectivity index (χ1n) is 7.78. The van der Waals surface area contributed by atoms with E-state index >= 15 is 0 Å². The van der Waals surface area contributed by atoms with E-state index in [1.165, 1.54) is 0 Å². The molecule has 2 aliphatic rings. The van der Waals surface area contributed by atoms with Crippen molar-refractivity contribution < 1.29 is 19.1 Å². The number of rotatable bonds is 4. The number of esters is 1. The Morgan fingerprint density at radius 3 is 2.39 bits per heavy atom. The summed E-state index contributed by atoms with van der Waals surface area (Å²) < 4.78 is 5.55. The Balaban J connectivity index is 1.70. The predicted molar refractivity (Wildman–Crippen MR) is 83.0 cm³/mol. The number of fused-ring (bicyclic) bond motifs is 1. The van der Waals surface area contributed by atoms with Crippen LogP contribution in [-0.2, 0) is 9.53 Å². The molecule has 6 nitrogen and oxygen atoms in total. The van der Waals surface area contributed by atoms with Crippen molar-refractivity contribution in [1.82, 2.24) is 10.2 Å². The van der Waals surface area contributed by atoms with Gasteiger partial charge in [0.1, 0.15) is 5.60 Å². The van der Waals surface area contributed by atoms with Gasteiger partial charge in [-0.25, -0.2) is 0 Å². The lowest BCUT2D eigenvalue weighted by Crippen LogP contribution is -2.45. The second-order valence-corrected chi connectivity index (χ2v) is 6.61. The van der Waals surface area contributed by atoms with Crippen molar-refractivity contribution in [3.05, 3.63) is 35.4 Å². The van der Waals surface area contributed by atoms with Gasteiger partial charge in [-0.15, -0.1) is 0 Å². The number of nitrogens with zero attached hydrogens (tertiary/aromatic N) is 1. The number of hydrogen-bond donors (Lipinski definition) is 1. The summed E-state index contributed by atoms with van der Waals surface area (Å²) in [5.74, 6) is -1.11. The lowest BCUT2D eigenvalue weighted by atomic mass is 10.1. The highest BCUT2D eigenvalue weighted by Gasteiger charge is 2.40. The third-order valence-electron chi connectivity index (χ3n) is 4.19. The van der Waals surface area contributed by atoms with Crippen LogP contribution in [0.3, 0.4) is 0 Å². The predicted octanol–water partition coefficient (Wildman–Crippen LogP) is 1.21. The first-order valence-corrected chi connectivity index (χ1v) is 7.78. The summed E-state index contributed by atoms with van der Waals surface area (Å²) in [6.07, 6.45) is 0.752. The Morgan fingerprint density at radius 1 is 1.26 bits per heavy atom. The van der Waals surface area contributed by atoms with Crippen molar-refractivity contribution in [2.45, 2.75) is 25.9 Å². The van der Waals surface area contributed by atoms with Crippen molar-refractivity contribution in [3.63, 3.8) is 0 Å². The molecule has 122 valence electrons. The summed E-state index contributed by atoms with van der Waals surface area (Å²) in [6, 6.07) is 6.73. The first-order chi connectivity index (χ1) is 10.9. The molecule has 1 fully saturated rings. The minimum atomic E-state index is -0.924. The molecule has 0 aromatic heterocycles. The SMILES string of the molecule is CC(C)(CN1C(=O)c2ccccc2C1=O)OC(=O)[C@H]1CCNC1. The lowest BCUT2D eigenvalue weighted by molar-refractivity contribution is -0.161. The van der Waals surface area contributed by atoms with E-state index in [9.17, 15) is 14.4 Å². The van der Waals surface area contributed by atoms with Crippen LogP contribution in [0, 0.1) is 5.92 Å².